The minimum atomic E-state index is -0.930. The monoisotopic (exact) mass is 573 g/mol. The predicted octanol–water partition coefficient (Wildman–Crippen LogP) is 3.01. The van der Waals surface area contributed by atoms with E-state index in [9.17, 15) is 9.90 Å². The summed E-state index contributed by atoms with van der Waals surface area (Å²) in [5.41, 5.74) is 2.41. The van der Waals surface area contributed by atoms with E-state index in [-0.39, 0.29) is 6.23 Å². The quantitative estimate of drug-likeness (QED) is 0.188. The molecule has 0 amide bonds. The molecule has 2 aliphatic heterocycles. The molecule has 2 aliphatic rings. The summed E-state index contributed by atoms with van der Waals surface area (Å²) in [6.07, 6.45) is 17.9. The number of fused-ring (bicyclic) bond motifs is 1. The summed E-state index contributed by atoms with van der Waals surface area (Å²) in [5.74, 6) is 1.10. The Kier molecular flexibility index (Phi) is 10.5. The molecular weight excluding hydrogens is 534 g/mol. The molecule has 3 aromatic rings. The van der Waals surface area contributed by atoms with Gasteiger partial charge in [0.2, 0.25) is 0 Å². The third-order valence-electron chi connectivity index (χ3n) is 7.31. The normalized spacial score (nSPS) is 16.5. The molecule has 5 rings (SSSR count). The molecule has 4 N–H and O–H groups in total. The van der Waals surface area contributed by atoms with Gasteiger partial charge < -0.3 is 30.7 Å². The number of aryl methyl sites for hydroxylation is 2. The van der Waals surface area contributed by atoms with Gasteiger partial charge in [0.1, 0.15) is 30.2 Å². The predicted molar refractivity (Wildman–Crippen MR) is 160 cm³/mol. The molecule has 0 aliphatic carbocycles. The Morgan fingerprint density at radius 1 is 1.21 bits per heavy atom. The second-order valence-electron chi connectivity index (χ2n) is 10.4. The van der Waals surface area contributed by atoms with Gasteiger partial charge in [0.25, 0.3) is 0 Å². The zero-order chi connectivity index (χ0) is 29.0. The molecule has 1 unspecified atom stereocenters. The number of aliphatic carboxylic acids is 1. The van der Waals surface area contributed by atoms with Gasteiger partial charge in [-0.2, -0.15) is 5.10 Å². The number of carboxylic acids is 1. The number of dihydropyridines is 1. The van der Waals surface area contributed by atoms with Crippen molar-refractivity contribution in [1.82, 2.24) is 34.9 Å². The smallest absolute Gasteiger partial charge is 0.326 e. The van der Waals surface area contributed by atoms with Crippen LogP contribution in [0, 0.1) is 0 Å². The Labute approximate surface area is 245 Å². The van der Waals surface area contributed by atoms with Crippen LogP contribution in [-0.4, -0.2) is 85.8 Å². The summed E-state index contributed by atoms with van der Waals surface area (Å²) in [6, 6.07) is 7.02. The molecule has 12 heteroatoms. The number of carboxylic acid groups (broad SMARTS) is 1. The van der Waals surface area contributed by atoms with E-state index in [0.29, 0.717) is 37.8 Å². The van der Waals surface area contributed by atoms with E-state index in [1.165, 1.54) is 11.9 Å². The van der Waals surface area contributed by atoms with E-state index >= 15 is 0 Å². The topological polar surface area (TPSA) is 142 Å². The number of unbranched alkanes of at least 4 members (excludes halogenated alkanes) is 1. The molecule has 42 heavy (non-hydrogen) atoms. The SMILES string of the molecule is O=C(O)[C@H](CCN(CCCCc1ccc2c(n1)NCCC2)CCOC1C=CC=CN1)Nc1cc(-n2cccn2)ncn1. The van der Waals surface area contributed by atoms with Crippen LogP contribution in [0.25, 0.3) is 5.82 Å². The van der Waals surface area contributed by atoms with Crippen molar-refractivity contribution in [3.05, 3.63) is 78.7 Å². The second-order valence-corrected chi connectivity index (χ2v) is 10.4. The van der Waals surface area contributed by atoms with Gasteiger partial charge in [-0.3, -0.25) is 0 Å². The maximum atomic E-state index is 12.2. The lowest BCUT2D eigenvalue weighted by Crippen LogP contribution is -2.38. The van der Waals surface area contributed by atoms with Crippen LogP contribution in [0.4, 0.5) is 11.6 Å². The van der Waals surface area contributed by atoms with Crippen LogP contribution in [0.3, 0.4) is 0 Å². The molecule has 12 nitrogen and oxygen atoms in total. The van der Waals surface area contributed by atoms with Crippen molar-refractivity contribution in [2.75, 3.05) is 43.4 Å². The fourth-order valence-electron chi connectivity index (χ4n) is 5.03. The summed E-state index contributed by atoms with van der Waals surface area (Å²) < 4.78 is 7.58. The van der Waals surface area contributed by atoms with Crippen LogP contribution in [0.1, 0.15) is 36.9 Å². The number of aromatic nitrogens is 5. The Morgan fingerprint density at radius 2 is 2.17 bits per heavy atom. The molecule has 0 aromatic carbocycles. The number of rotatable bonds is 16. The molecule has 0 saturated carbocycles. The van der Waals surface area contributed by atoms with Crippen LogP contribution in [0.5, 0.6) is 0 Å². The van der Waals surface area contributed by atoms with Gasteiger partial charge in [0.05, 0.1) is 6.61 Å². The molecule has 5 heterocycles. The van der Waals surface area contributed by atoms with Crippen molar-refractivity contribution in [2.24, 2.45) is 0 Å². The highest BCUT2D eigenvalue weighted by atomic mass is 16.5. The largest absolute Gasteiger partial charge is 0.480 e. The van der Waals surface area contributed by atoms with Crippen LogP contribution in [0.2, 0.25) is 0 Å². The Morgan fingerprint density at radius 3 is 3.00 bits per heavy atom. The zero-order valence-electron chi connectivity index (χ0n) is 23.7. The second kappa shape index (κ2) is 15.1. The average molecular weight is 574 g/mol. The Balaban J connectivity index is 1.14. The van der Waals surface area contributed by atoms with E-state index in [4.69, 9.17) is 9.72 Å². The minimum absolute atomic E-state index is 0.157. The first-order valence-electron chi connectivity index (χ1n) is 14.6. The molecule has 0 bridgehead atoms. The third-order valence-corrected chi connectivity index (χ3v) is 7.31. The van der Waals surface area contributed by atoms with Gasteiger partial charge in [-0.25, -0.2) is 24.4 Å². The third kappa shape index (κ3) is 8.60. The van der Waals surface area contributed by atoms with Gasteiger partial charge in [0.15, 0.2) is 5.82 Å². The molecule has 0 fully saturated rings. The van der Waals surface area contributed by atoms with Crippen LogP contribution < -0.4 is 16.0 Å². The van der Waals surface area contributed by atoms with Crippen LogP contribution in [-0.2, 0) is 22.4 Å². The number of hydrogen-bond donors (Lipinski definition) is 4. The van der Waals surface area contributed by atoms with Crippen LogP contribution in [0.15, 0.2) is 67.4 Å². The van der Waals surface area contributed by atoms with Crippen LogP contribution >= 0.6 is 0 Å². The van der Waals surface area contributed by atoms with Gasteiger partial charge >= 0.3 is 5.97 Å². The van der Waals surface area contributed by atoms with E-state index in [2.05, 4.69) is 48.0 Å². The Hall–Kier alpha value is -4.29. The number of hydrogen-bond acceptors (Lipinski definition) is 10. The van der Waals surface area contributed by atoms with Crippen molar-refractivity contribution in [3.8, 4) is 5.82 Å². The number of ether oxygens (including phenoxy) is 1. The van der Waals surface area contributed by atoms with Crippen molar-refractivity contribution in [2.45, 2.75) is 50.8 Å². The van der Waals surface area contributed by atoms with Crippen molar-refractivity contribution in [3.63, 3.8) is 0 Å². The summed E-state index contributed by atoms with van der Waals surface area (Å²) in [7, 11) is 0. The zero-order valence-corrected chi connectivity index (χ0v) is 23.7. The van der Waals surface area contributed by atoms with Gasteiger partial charge in [0, 0.05) is 43.8 Å². The highest BCUT2D eigenvalue weighted by molar-refractivity contribution is 5.76. The minimum Gasteiger partial charge on any atom is -0.480 e. The van der Waals surface area contributed by atoms with E-state index in [1.54, 1.807) is 29.2 Å². The van der Waals surface area contributed by atoms with E-state index < -0.39 is 12.0 Å². The number of carbonyl (C=O) groups is 1. The fraction of sp³-hybridized carbons (Fsp3) is 0.433. The average Bonchev–Trinajstić information content (AvgIpc) is 3.57. The lowest BCUT2D eigenvalue weighted by atomic mass is 10.1. The highest BCUT2D eigenvalue weighted by Gasteiger charge is 2.20. The molecule has 0 spiro atoms. The number of nitrogens with one attached hydrogen (secondary N) is 3. The summed E-state index contributed by atoms with van der Waals surface area (Å²) in [5, 5.41) is 23.8. The first kappa shape index (κ1) is 29.2. The first-order valence-corrected chi connectivity index (χ1v) is 14.6. The summed E-state index contributed by atoms with van der Waals surface area (Å²) >= 11 is 0. The molecule has 3 aromatic heterocycles. The summed E-state index contributed by atoms with van der Waals surface area (Å²) in [6.45, 7) is 3.64. The number of anilines is 2. The maximum Gasteiger partial charge on any atom is 0.326 e. The molecule has 0 saturated heterocycles. The van der Waals surface area contributed by atoms with Gasteiger partial charge in [-0.05, 0) is 81.1 Å². The molecular formula is C30H39N9O3. The lowest BCUT2D eigenvalue weighted by Gasteiger charge is -2.26. The van der Waals surface area contributed by atoms with Crippen molar-refractivity contribution < 1.29 is 14.6 Å². The Bertz CT molecular complexity index is 1350. The van der Waals surface area contributed by atoms with Gasteiger partial charge in [-0.1, -0.05) is 12.1 Å². The van der Waals surface area contributed by atoms with E-state index in [0.717, 1.165) is 56.7 Å². The number of allylic oxidation sites excluding steroid dienone is 2. The molecule has 222 valence electrons. The summed E-state index contributed by atoms with van der Waals surface area (Å²) in [4.78, 5) is 27.7. The number of pyridine rings is 1. The van der Waals surface area contributed by atoms with Gasteiger partial charge in [-0.15, -0.1) is 0 Å². The van der Waals surface area contributed by atoms with Crippen molar-refractivity contribution in [1.29, 1.82) is 0 Å². The first-order chi connectivity index (χ1) is 20.6. The highest BCUT2D eigenvalue weighted by Crippen LogP contribution is 2.20. The molecule has 0 radical (unpaired) electrons. The lowest BCUT2D eigenvalue weighted by molar-refractivity contribution is -0.138. The number of nitrogens with zero attached hydrogens (tertiary/aromatic N) is 6. The maximum absolute atomic E-state index is 12.2. The standard InChI is InChI=1S/C30H39N9O3/c40-30(41)25(37-26-21-27(34-22-33-26)39-17-6-15-35-39)12-18-38(19-20-42-28-9-1-3-13-31-28)16-4-2-8-24-11-10-23-7-5-14-32-29(23)36-24/h1,3,6,9-11,13,15,17,21-22,25,28,31H,2,4-5,7-8,12,14,16,18-20H2,(H,32,36)(H,40,41)(H,33,34,37)/t25-,28?/m0/s1. The van der Waals surface area contributed by atoms with Crippen molar-refractivity contribution >= 4 is 17.6 Å². The molecule has 2 atom stereocenters. The fourth-order valence-corrected chi connectivity index (χ4v) is 5.03. The van der Waals surface area contributed by atoms with E-state index in [1.807, 2.05) is 24.4 Å².